The Kier molecular flexibility index (Phi) is 43.4. The average Bonchev–Trinajstić information content (AvgIpc) is 0.809. The lowest BCUT2D eigenvalue weighted by Gasteiger charge is -2.34. The van der Waals surface area contributed by atoms with E-state index in [1.54, 1.807) is 0 Å². The van der Waals surface area contributed by atoms with Gasteiger partial charge in [0.05, 0.1) is 106 Å². The minimum absolute atomic E-state index is 0.816. The maximum Gasteiger partial charge on any atom is 0.318 e. The first-order chi connectivity index (χ1) is 55.7. The van der Waals surface area contributed by atoms with Crippen molar-refractivity contribution in [3.8, 4) is 0 Å². The Balaban J connectivity index is 7.71. The molecule has 0 aromatic carbocycles. The van der Waals surface area contributed by atoms with E-state index in [4.69, 9.17) is 66.3 Å². The topological polar surface area (TPSA) is 729 Å². The molecule has 10 atom stereocenters. The average molecular weight is 1760 g/mol. The highest BCUT2D eigenvalue weighted by Gasteiger charge is 2.53. The molecule has 17 N–H and O–H groups in total. The van der Waals surface area contributed by atoms with Gasteiger partial charge in [-0.25, -0.2) is 0 Å². The van der Waals surface area contributed by atoms with Crippen LogP contribution in [0, 0.1) is 81.2 Å². The molecule has 0 fully saturated rings. The number of carboxylic acid groups (broad SMARTS) is 1. The first-order valence-corrected chi connectivity index (χ1v) is 37.1. The number of carboxylic acids is 1. The van der Waals surface area contributed by atoms with Gasteiger partial charge in [0.2, 0.25) is 0 Å². The van der Waals surface area contributed by atoms with Crippen molar-refractivity contribution < 1.29 is 225 Å². The lowest BCUT2D eigenvalue weighted by atomic mass is 9.89. The van der Waals surface area contributed by atoms with E-state index in [0.717, 1.165) is 104 Å². The van der Waals surface area contributed by atoms with Crippen LogP contribution in [-0.4, -0.2) is 375 Å². The largest absolute Gasteiger partial charge is 0.481 e. The molecule has 121 heavy (non-hydrogen) atoms. The summed E-state index contributed by atoms with van der Waals surface area (Å²) in [5.41, 5.74) is -33.4. The van der Waals surface area contributed by atoms with Gasteiger partial charge in [-0.1, -0.05) is 0 Å². The molecule has 0 saturated heterocycles. The van der Waals surface area contributed by atoms with Crippen molar-refractivity contribution in [2.24, 2.45) is 81.2 Å². The van der Waals surface area contributed by atoms with E-state index in [1.807, 2.05) is 0 Å². The van der Waals surface area contributed by atoms with E-state index < -0.39 is 369 Å². The highest BCUT2D eigenvalue weighted by atomic mass is 16.6. The van der Waals surface area contributed by atoms with Crippen molar-refractivity contribution in [3.63, 3.8) is 0 Å². The van der Waals surface area contributed by atoms with Gasteiger partial charge < -0.3 is 153 Å². The van der Waals surface area contributed by atoms with Gasteiger partial charge in [-0.15, -0.1) is 0 Å². The number of ether oxygens (including phenoxy) is 14. The van der Waals surface area contributed by atoms with Crippen LogP contribution in [0.25, 0.3) is 0 Å². The van der Waals surface area contributed by atoms with Crippen LogP contribution in [0.2, 0.25) is 0 Å². The third-order valence-corrected chi connectivity index (χ3v) is 20.3. The van der Waals surface area contributed by atoms with Crippen LogP contribution in [0.4, 0.5) is 0 Å². The minimum Gasteiger partial charge on any atom is -0.481 e. The van der Waals surface area contributed by atoms with Crippen LogP contribution in [0.15, 0.2) is 0 Å². The van der Waals surface area contributed by atoms with Crippen molar-refractivity contribution in [1.29, 1.82) is 0 Å². The van der Waals surface area contributed by atoms with E-state index in [-0.39, 0.29) is 0 Å². The zero-order valence-corrected chi connectivity index (χ0v) is 70.7. The van der Waals surface area contributed by atoms with Gasteiger partial charge in [-0.2, -0.15) is 0 Å². The molecule has 698 valence electrons. The summed E-state index contributed by atoms with van der Waals surface area (Å²) < 4.78 is 74.1. The van der Waals surface area contributed by atoms with Crippen LogP contribution in [0.5, 0.6) is 0 Å². The third kappa shape index (κ3) is 29.3. The van der Waals surface area contributed by atoms with Crippen LogP contribution in [-0.2, 0) is 138 Å². The predicted molar refractivity (Wildman–Crippen MR) is 396 cm³/mol. The summed E-state index contributed by atoms with van der Waals surface area (Å²) in [4.78, 5) is 204. The number of aliphatic carboxylic acids is 1. The van der Waals surface area contributed by atoms with Gasteiger partial charge in [0, 0.05) is 0 Å². The van der Waals surface area contributed by atoms with E-state index in [1.165, 1.54) is 0 Å². The maximum atomic E-state index is 14.6. The SMILES string of the molecule is CC(COC(=O)C(C)(COC(=O)C(C)(CO)CO)COC(=O)C(C)(CO)COC(=O)C(C)(CO)CO)(COC(=O)C(C)(COC(=O)C(C)(CO)COC(=O)C(C)(CO)COC(=O)C(C)(CO)CO)COC(=O)C(C)(CO)COC(=O)C(C)(CO)COC(=O)C(C)(COC(=O)C(C)(CO)CO)COC(=O)C(C)(CO)COC(=O)C(C)(CO)CO)C(=O)O. The lowest BCUT2D eigenvalue weighted by Crippen LogP contribution is -2.49. The molecule has 0 rings (SSSR count). The maximum absolute atomic E-state index is 14.6. The summed E-state index contributed by atoms with van der Waals surface area (Å²) in [6.45, 7) is -18.5. The van der Waals surface area contributed by atoms with Crippen LogP contribution < -0.4 is 0 Å². The smallest absolute Gasteiger partial charge is 0.318 e. The monoisotopic (exact) mass is 1760 g/mol. The molecule has 0 amide bonds. The Hall–Kier alpha value is -8.59. The zero-order chi connectivity index (χ0) is 94.3. The molecule has 46 nitrogen and oxygen atoms in total. The van der Waals surface area contributed by atoms with E-state index >= 15 is 0 Å². The van der Waals surface area contributed by atoms with Crippen LogP contribution in [0.3, 0.4) is 0 Å². The highest BCUT2D eigenvalue weighted by Crippen LogP contribution is 2.36. The second-order valence-electron chi connectivity index (χ2n) is 34.3. The minimum atomic E-state index is -2.65. The standard InChI is InChI=1S/C75H122O46/c1-61(16-76,17-77)47(94)108-32-66(6,26-86)52(99)111-35-69(9,29-89)56(103)120-44-75(15,60(107)115-39-72(12,46(92)93)38-114-59(106)74(14,41-117-51(98)65(5,24-84)25-85)43-119-55(102)68(8,28-88)34-110-49(96)63(3,20-80)21-81)45-121-57(104)70(10,30-90)36-112-53(100)71(11,31-91)37-113-58(105)73(13,40-116-50(97)64(4,22-82)23-83)42-118-54(101)67(7,27-87)33-109-48(95)62(2,18-78)19-79/h76-91H,16-45H2,1-15H3,(H,92,93). The molecule has 10 unspecified atom stereocenters. The molecular weight excluding hydrogens is 1640 g/mol. The zero-order valence-electron chi connectivity index (χ0n) is 70.7. The Morgan fingerprint density at radius 2 is 0.215 bits per heavy atom. The number of aliphatic hydroxyl groups excluding tert-OH is 16. The van der Waals surface area contributed by atoms with E-state index in [9.17, 15) is 159 Å². The Morgan fingerprint density at radius 1 is 0.140 bits per heavy atom. The molecule has 0 aromatic rings. The summed E-state index contributed by atoms with van der Waals surface area (Å²) in [5.74, 6) is -21.8. The third-order valence-electron chi connectivity index (χ3n) is 20.3. The first kappa shape index (κ1) is 112. The summed E-state index contributed by atoms with van der Waals surface area (Å²) in [7, 11) is 0. The van der Waals surface area contributed by atoms with E-state index in [2.05, 4.69) is 0 Å². The van der Waals surface area contributed by atoms with Gasteiger partial charge in [0.1, 0.15) is 174 Å². The molecule has 0 aliphatic rings. The second kappa shape index (κ2) is 46.8. The van der Waals surface area contributed by atoms with Crippen molar-refractivity contribution >= 4 is 89.5 Å². The lowest BCUT2D eigenvalue weighted by molar-refractivity contribution is -0.187. The summed E-state index contributed by atoms with van der Waals surface area (Å²) >= 11 is 0. The van der Waals surface area contributed by atoms with Crippen molar-refractivity contribution in [3.05, 3.63) is 0 Å². The highest BCUT2D eigenvalue weighted by molar-refractivity contribution is 5.87. The van der Waals surface area contributed by atoms with Crippen LogP contribution in [0.1, 0.15) is 104 Å². The number of carbonyl (C=O) groups excluding carboxylic acids is 14. The fourth-order valence-electron chi connectivity index (χ4n) is 8.14. The first-order valence-electron chi connectivity index (χ1n) is 37.1. The molecule has 0 aromatic heterocycles. The molecule has 46 heteroatoms. The number of esters is 14. The van der Waals surface area contributed by atoms with E-state index in [0.29, 0.717) is 0 Å². The van der Waals surface area contributed by atoms with Crippen LogP contribution >= 0.6 is 0 Å². The normalized spacial score (nSPS) is 17.1. The van der Waals surface area contributed by atoms with Gasteiger partial charge in [0.25, 0.3) is 0 Å². The van der Waals surface area contributed by atoms with Crippen molar-refractivity contribution in [1.82, 2.24) is 0 Å². The number of hydrogen-bond acceptors (Lipinski definition) is 45. The van der Waals surface area contributed by atoms with Gasteiger partial charge in [-0.05, 0) is 104 Å². The fourth-order valence-corrected chi connectivity index (χ4v) is 8.14. The molecule has 0 saturated carbocycles. The number of aliphatic hydroxyl groups is 16. The number of rotatable bonds is 59. The summed E-state index contributed by atoms with van der Waals surface area (Å²) in [5, 5.41) is 171. The van der Waals surface area contributed by atoms with Gasteiger partial charge >= 0.3 is 89.5 Å². The quantitative estimate of drug-likeness (QED) is 0.0199. The second-order valence-corrected chi connectivity index (χ2v) is 34.3. The Bertz CT molecular complexity index is 3520. The number of carbonyl (C=O) groups is 15. The van der Waals surface area contributed by atoms with Gasteiger partial charge in [0.15, 0.2) is 0 Å². The van der Waals surface area contributed by atoms with Crippen molar-refractivity contribution in [2.75, 3.05) is 198 Å². The van der Waals surface area contributed by atoms with Crippen molar-refractivity contribution in [2.45, 2.75) is 104 Å². The Labute approximate surface area is 695 Å². The molecule has 0 heterocycles. The molecule has 0 radical (unpaired) electrons. The summed E-state index contributed by atoms with van der Waals surface area (Å²) in [6.07, 6.45) is 0. The molecule has 0 aliphatic carbocycles. The van der Waals surface area contributed by atoms with Gasteiger partial charge in [-0.3, -0.25) is 71.9 Å². The molecule has 0 bridgehead atoms. The molecular formula is C75H122O46. The summed E-state index contributed by atoms with van der Waals surface area (Å²) in [6, 6.07) is 0. The fraction of sp³-hybridized carbons (Fsp3) is 0.800. The number of hydrogen-bond donors (Lipinski definition) is 17. The molecule has 0 spiro atoms. The molecule has 0 aliphatic heterocycles. The Morgan fingerprint density at radius 3 is 0.306 bits per heavy atom. The predicted octanol–water partition coefficient (Wildman–Crippen LogP) is -7.35.